The summed E-state index contributed by atoms with van der Waals surface area (Å²) >= 11 is 0. The number of benzene rings is 3. The highest BCUT2D eigenvalue weighted by molar-refractivity contribution is 6.00. The van der Waals surface area contributed by atoms with Crippen LogP contribution in [0.15, 0.2) is 85.1 Å². The van der Waals surface area contributed by atoms with E-state index in [4.69, 9.17) is 0 Å². The van der Waals surface area contributed by atoms with Crippen molar-refractivity contribution in [1.29, 1.82) is 0 Å². The third-order valence-electron chi connectivity index (χ3n) is 4.08. The molecule has 0 unspecified atom stereocenters. The van der Waals surface area contributed by atoms with Crippen LogP contribution in [-0.2, 0) is 0 Å². The number of rotatable bonds is 3. The molecule has 0 fully saturated rings. The smallest absolute Gasteiger partial charge is 0.0466 e. The summed E-state index contributed by atoms with van der Waals surface area (Å²) in [7, 11) is 0. The van der Waals surface area contributed by atoms with Gasteiger partial charge in [-0.25, -0.2) is 0 Å². The van der Waals surface area contributed by atoms with Gasteiger partial charge in [0.2, 0.25) is 0 Å². The molecule has 0 radical (unpaired) electrons. The van der Waals surface area contributed by atoms with Crippen LogP contribution in [0.2, 0.25) is 0 Å². The maximum atomic E-state index is 3.35. The predicted molar refractivity (Wildman–Crippen MR) is 99.1 cm³/mol. The van der Waals surface area contributed by atoms with Crippen molar-refractivity contribution in [3.63, 3.8) is 0 Å². The van der Waals surface area contributed by atoms with Gasteiger partial charge in [0.15, 0.2) is 0 Å². The van der Waals surface area contributed by atoms with Gasteiger partial charge >= 0.3 is 0 Å². The topological polar surface area (TPSA) is 15.8 Å². The second-order valence-corrected chi connectivity index (χ2v) is 5.58. The lowest BCUT2D eigenvalue weighted by Crippen LogP contribution is -1.86. The fourth-order valence-corrected chi connectivity index (χ4v) is 2.96. The van der Waals surface area contributed by atoms with Crippen LogP contribution in [0.25, 0.3) is 34.2 Å². The average Bonchev–Trinajstić information content (AvgIpc) is 3.14. The zero-order valence-corrected chi connectivity index (χ0v) is 12.7. The Morgan fingerprint density at radius 2 is 1.48 bits per heavy atom. The molecule has 1 N–H and O–H groups in total. The molecule has 0 saturated heterocycles. The molecule has 3 aromatic carbocycles. The van der Waals surface area contributed by atoms with Crippen LogP contribution >= 0.6 is 0 Å². The quantitative estimate of drug-likeness (QED) is 0.446. The van der Waals surface area contributed by atoms with E-state index in [1.165, 1.54) is 27.5 Å². The lowest BCUT2D eigenvalue weighted by Gasteiger charge is -2.09. The van der Waals surface area contributed by atoms with Crippen molar-refractivity contribution in [3.05, 3.63) is 96.2 Å². The lowest BCUT2D eigenvalue weighted by atomic mass is 9.96. The van der Waals surface area contributed by atoms with Gasteiger partial charge in [-0.05, 0) is 34.0 Å². The van der Waals surface area contributed by atoms with E-state index in [9.17, 15) is 0 Å². The average molecular weight is 295 g/mol. The van der Waals surface area contributed by atoms with Crippen molar-refractivity contribution >= 4 is 22.9 Å². The molecule has 0 aliphatic rings. The number of hydrogen-bond acceptors (Lipinski definition) is 0. The van der Waals surface area contributed by atoms with Gasteiger partial charge < -0.3 is 4.98 Å². The zero-order valence-electron chi connectivity index (χ0n) is 12.7. The van der Waals surface area contributed by atoms with Gasteiger partial charge in [0.05, 0.1) is 0 Å². The van der Waals surface area contributed by atoms with Crippen LogP contribution in [-0.4, -0.2) is 4.98 Å². The Morgan fingerprint density at radius 1 is 0.652 bits per heavy atom. The molecular weight excluding hydrogens is 278 g/mol. The Balaban J connectivity index is 1.89. The molecule has 110 valence electrons. The van der Waals surface area contributed by atoms with Crippen LogP contribution in [0.1, 0.15) is 11.1 Å². The lowest BCUT2D eigenvalue weighted by molar-refractivity contribution is 1.41. The monoisotopic (exact) mass is 295 g/mol. The number of nitrogens with one attached hydrogen (secondary N) is 1. The number of aromatic amines is 1. The van der Waals surface area contributed by atoms with Gasteiger partial charge in [-0.3, -0.25) is 0 Å². The predicted octanol–water partition coefficient (Wildman–Crippen LogP) is 6.01. The summed E-state index contributed by atoms with van der Waals surface area (Å²) in [6, 6.07) is 27.5. The first kappa shape index (κ1) is 13.6. The van der Waals surface area contributed by atoms with Gasteiger partial charge in [-0.2, -0.15) is 0 Å². The molecule has 4 rings (SSSR count). The van der Waals surface area contributed by atoms with Crippen molar-refractivity contribution in [2.75, 3.05) is 0 Å². The molecule has 1 nitrogen and oxygen atoms in total. The first-order valence-corrected chi connectivity index (χ1v) is 7.80. The minimum absolute atomic E-state index is 1.15. The third kappa shape index (κ3) is 2.69. The van der Waals surface area contributed by atoms with E-state index >= 15 is 0 Å². The summed E-state index contributed by atoms with van der Waals surface area (Å²) in [5, 5.41) is 2.53. The van der Waals surface area contributed by atoms with E-state index in [1.54, 1.807) is 0 Å². The summed E-state index contributed by atoms with van der Waals surface area (Å²) in [6.45, 7) is 0. The summed E-state index contributed by atoms with van der Waals surface area (Å²) < 4.78 is 0. The van der Waals surface area contributed by atoms with E-state index in [2.05, 4.69) is 83.9 Å². The molecule has 0 aliphatic heterocycles. The van der Waals surface area contributed by atoms with E-state index < -0.39 is 0 Å². The van der Waals surface area contributed by atoms with Crippen LogP contribution in [0.3, 0.4) is 0 Å². The maximum Gasteiger partial charge on any atom is 0.0466 e. The Bertz CT molecular complexity index is 948. The maximum absolute atomic E-state index is 3.35. The highest BCUT2D eigenvalue weighted by Gasteiger charge is 2.08. The van der Waals surface area contributed by atoms with Gasteiger partial charge in [0.1, 0.15) is 0 Å². The molecule has 1 heteroatoms. The van der Waals surface area contributed by atoms with Crippen LogP contribution < -0.4 is 0 Å². The van der Waals surface area contributed by atoms with E-state index in [1.807, 2.05) is 18.3 Å². The van der Waals surface area contributed by atoms with Crippen molar-refractivity contribution in [2.24, 2.45) is 0 Å². The first-order valence-electron chi connectivity index (χ1n) is 7.80. The van der Waals surface area contributed by atoms with Crippen LogP contribution in [0.4, 0.5) is 0 Å². The normalized spacial score (nSPS) is 11.3. The summed E-state index contributed by atoms with van der Waals surface area (Å²) in [5.41, 5.74) is 4.82. The van der Waals surface area contributed by atoms with Crippen LogP contribution in [0.5, 0.6) is 0 Å². The van der Waals surface area contributed by atoms with Gasteiger partial charge in [-0.15, -0.1) is 0 Å². The first-order chi connectivity index (χ1) is 11.4. The number of hydrogen-bond donors (Lipinski definition) is 1. The summed E-state index contributed by atoms with van der Waals surface area (Å²) in [6.07, 6.45) is 6.33. The van der Waals surface area contributed by atoms with E-state index in [-0.39, 0.29) is 0 Å². The van der Waals surface area contributed by atoms with Crippen LogP contribution in [0, 0.1) is 0 Å². The third-order valence-corrected chi connectivity index (χ3v) is 4.08. The largest absolute Gasteiger partial charge is 0.361 e. The molecule has 0 amide bonds. The van der Waals surface area contributed by atoms with Crippen molar-refractivity contribution < 1.29 is 0 Å². The second-order valence-electron chi connectivity index (χ2n) is 5.58. The van der Waals surface area contributed by atoms with Crippen molar-refractivity contribution in [1.82, 2.24) is 4.98 Å². The Labute approximate surface area is 135 Å². The number of aromatic nitrogens is 1. The number of H-pyrrole nitrogens is 1. The fraction of sp³-hybridized carbons (Fsp3) is 0. The molecular formula is C22H17N. The molecule has 1 aromatic heterocycles. The SMILES string of the molecule is C(=Cc1ccc2ccccc2c1-c1ccc[nH]1)c1ccccc1. The fourth-order valence-electron chi connectivity index (χ4n) is 2.96. The number of fused-ring (bicyclic) bond motifs is 1. The molecule has 0 atom stereocenters. The minimum atomic E-state index is 1.15. The Morgan fingerprint density at radius 3 is 2.30 bits per heavy atom. The Hall–Kier alpha value is -3.06. The van der Waals surface area contributed by atoms with E-state index in [0.717, 1.165) is 5.69 Å². The van der Waals surface area contributed by atoms with Gasteiger partial charge in [0.25, 0.3) is 0 Å². The zero-order chi connectivity index (χ0) is 15.5. The molecule has 1 heterocycles. The summed E-state index contributed by atoms with van der Waals surface area (Å²) in [5.74, 6) is 0. The summed E-state index contributed by atoms with van der Waals surface area (Å²) in [4.78, 5) is 3.35. The molecule has 23 heavy (non-hydrogen) atoms. The molecule has 0 aliphatic carbocycles. The van der Waals surface area contributed by atoms with Gasteiger partial charge in [-0.1, -0.05) is 78.9 Å². The second kappa shape index (κ2) is 5.98. The van der Waals surface area contributed by atoms with Gasteiger partial charge in [0, 0.05) is 17.5 Å². The molecule has 0 spiro atoms. The minimum Gasteiger partial charge on any atom is -0.361 e. The molecule has 4 aromatic rings. The highest BCUT2D eigenvalue weighted by Crippen LogP contribution is 2.32. The Kier molecular flexibility index (Phi) is 3.53. The molecule has 0 bridgehead atoms. The van der Waals surface area contributed by atoms with Crippen molar-refractivity contribution in [3.8, 4) is 11.3 Å². The van der Waals surface area contributed by atoms with Crippen molar-refractivity contribution in [2.45, 2.75) is 0 Å². The molecule has 0 saturated carbocycles. The standard InChI is InChI=1S/C22H17N/c1-2-7-17(8-3-1)12-13-19-15-14-18-9-4-5-10-20(18)22(19)21-11-6-16-23-21/h1-16,23H. The van der Waals surface area contributed by atoms with E-state index in [0.29, 0.717) is 0 Å². The highest BCUT2D eigenvalue weighted by atomic mass is 14.7.